The van der Waals surface area contributed by atoms with E-state index in [2.05, 4.69) is 4.74 Å². The summed E-state index contributed by atoms with van der Waals surface area (Å²) in [4.78, 5) is 24.5. The topological polar surface area (TPSA) is 55.8 Å². The Hall–Kier alpha value is -1.24. The summed E-state index contributed by atoms with van der Waals surface area (Å²) in [5.41, 5.74) is 0. The predicted molar refractivity (Wildman–Crippen MR) is 65.3 cm³/mol. The smallest absolute Gasteiger partial charge is 0.410 e. The second-order valence-corrected chi connectivity index (χ2v) is 5.23. The molecule has 1 saturated carbocycles. The number of aldehydes is 1. The Morgan fingerprint density at radius 3 is 2.80 bits per heavy atom. The zero-order chi connectivity index (χ0) is 14.7. The van der Waals surface area contributed by atoms with Gasteiger partial charge in [-0.25, -0.2) is 4.79 Å². The summed E-state index contributed by atoms with van der Waals surface area (Å²) in [5.74, 6) is -0.356. The number of ether oxygens (including phenoxy) is 2. The van der Waals surface area contributed by atoms with E-state index in [1.807, 2.05) is 6.92 Å². The second-order valence-electron chi connectivity index (χ2n) is 5.23. The molecule has 0 aromatic heterocycles. The average Bonchev–Trinajstić information content (AvgIpc) is 2.94. The van der Waals surface area contributed by atoms with Crippen LogP contribution in [0, 0.1) is 5.92 Å². The highest BCUT2D eigenvalue weighted by Gasteiger charge is 2.54. The van der Waals surface area contributed by atoms with Gasteiger partial charge in [0.1, 0.15) is 6.29 Å². The van der Waals surface area contributed by atoms with E-state index in [0.717, 1.165) is 12.8 Å². The van der Waals surface area contributed by atoms with Crippen molar-refractivity contribution in [2.45, 2.75) is 57.4 Å². The van der Waals surface area contributed by atoms with Crippen LogP contribution in [0.1, 0.15) is 32.6 Å². The van der Waals surface area contributed by atoms with Crippen molar-refractivity contribution in [3.05, 3.63) is 0 Å². The van der Waals surface area contributed by atoms with Gasteiger partial charge >= 0.3 is 12.7 Å². The van der Waals surface area contributed by atoms with Gasteiger partial charge in [0.05, 0.1) is 18.8 Å². The molecule has 2 fully saturated rings. The fourth-order valence-corrected chi connectivity index (χ4v) is 3.15. The summed E-state index contributed by atoms with van der Waals surface area (Å²) < 4.78 is 34.2. The zero-order valence-corrected chi connectivity index (χ0v) is 11.3. The summed E-state index contributed by atoms with van der Waals surface area (Å²) in [6.45, 7) is -0.561. The Morgan fingerprint density at radius 1 is 1.45 bits per heavy atom. The Balaban J connectivity index is 1.96. The van der Waals surface area contributed by atoms with Crippen LogP contribution in [0.4, 0.5) is 13.6 Å². The summed E-state index contributed by atoms with van der Waals surface area (Å²) in [6.07, 6.45) is 1.96. The molecule has 114 valence electrons. The number of alkyl halides is 2. The maximum Gasteiger partial charge on any atom is 0.410 e. The molecule has 0 spiro atoms. The molecule has 1 aliphatic heterocycles. The first-order chi connectivity index (χ1) is 9.58. The number of carbonyl (C=O) groups excluding carboxylic acids is 2. The number of unbranched alkanes of at least 4 members (excludes halogenated alkanes) is 1. The standard InChI is InChI=1S/C13H19F2NO4/c1-2-3-4-19-13(18)16-8-5-9(10(16)7-17)11(6-8)20-12(14)15/h7-12H,2-6H2,1H3/t8-,9-,10+,11+/m1/s1. The lowest BCUT2D eigenvalue weighted by molar-refractivity contribution is -0.180. The fourth-order valence-electron chi connectivity index (χ4n) is 3.15. The van der Waals surface area contributed by atoms with Crippen molar-refractivity contribution in [2.75, 3.05) is 6.61 Å². The summed E-state index contributed by atoms with van der Waals surface area (Å²) in [6, 6.07) is -0.959. The highest BCUT2D eigenvalue weighted by Crippen LogP contribution is 2.44. The lowest BCUT2D eigenvalue weighted by atomic mass is 9.97. The lowest BCUT2D eigenvalue weighted by Crippen LogP contribution is -2.50. The lowest BCUT2D eigenvalue weighted by Gasteiger charge is -2.35. The molecule has 5 nitrogen and oxygen atoms in total. The van der Waals surface area contributed by atoms with Crippen LogP contribution in [0.25, 0.3) is 0 Å². The van der Waals surface area contributed by atoms with E-state index in [1.54, 1.807) is 0 Å². The SMILES string of the molecule is CCCCOC(=O)N1[C@@H]2C[C@@H]([C@@H](OC(F)F)C2)[C@@H]1C=O. The number of hydrogen-bond donors (Lipinski definition) is 0. The van der Waals surface area contributed by atoms with Crippen LogP contribution in [-0.2, 0) is 14.3 Å². The van der Waals surface area contributed by atoms with Crippen LogP contribution in [0.3, 0.4) is 0 Å². The number of fused-ring (bicyclic) bond motifs is 2. The molecule has 2 rings (SSSR count). The highest BCUT2D eigenvalue weighted by molar-refractivity contribution is 5.75. The number of rotatable bonds is 6. The van der Waals surface area contributed by atoms with Crippen LogP contribution in [0.15, 0.2) is 0 Å². The molecule has 7 heteroatoms. The first kappa shape index (κ1) is 15.2. The normalized spacial score (nSPS) is 31.9. The molecule has 0 radical (unpaired) electrons. The van der Waals surface area contributed by atoms with E-state index < -0.39 is 24.9 Å². The minimum Gasteiger partial charge on any atom is -0.449 e. The first-order valence-corrected chi connectivity index (χ1v) is 6.92. The van der Waals surface area contributed by atoms with Crippen LogP contribution < -0.4 is 0 Å². The van der Waals surface area contributed by atoms with Gasteiger partial charge in [0, 0.05) is 12.0 Å². The van der Waals surface area contributed by atoms with Gasteiger partial charge in [0.2, 0.25) is 0 Å². The van der Waals surface area contributed by atoms with Crippen LogP contribution in [0.5, 0.6) is 0 Å². The molecule has 1 aliphatic carbocycles. The number of halogens is 2. The Morgan fingerprint density at radius 2 is 2.20 bits per heavy atom. The molecule has 0 aromatic carbocycles. The monoisotopic (exact) mass is 291 g/mol. The Labute approximate surface area is 116 Å². The maximum absolute atomic E-state index is 12.3. The van der Waals surface area contributed by atoms with Gasteiger partial charge in [-0.15, -0.1) is 0 Å². The maximum atomic E-state index is 12.3. The second kappa shape index (κ2) is 6.47. The van der Waals surface area contributed by atoms with Crippen molar-refractivity contribution >= 4 is 12.4 Å². The summed E-state index contributed by atoms with van der Waals surface area (Å²) >= 11 is 0. The van der Waals surface area contributed by atoms with Crippen molar-refractivity contribution in [3.8, 4) is 0 Å². The molecule has 20 heavy (non-hydrogen) atoms. The van der Waals surface area contributed by atoms with Crippen LogP contribution in [-0.4, -0.2) is 48.7 Å². The van der Waals surface area contributed by atoms with Crippen LogP contribution in [0.2, 0.25) is 0 Å². The van der Waals surface area contributed by atoms with E-state index in [0.29, 0.717) is 25.7 Å². The van der Waals surface area contributed by atoms with Crippen LogP contribution >= 0.6 is 0 Å². The van der Waals surface area contributed by atoms with Gasteiger partial charge < -0.3 is 14.3 Å². The van der Waals surface area contributed by atoms with E-state index in [4.69, 9.17) is 4.74 Å². The van der Waals surface area contributed by atoms with E-state index in [1.165, 1.54) is 4.90 Å². The number of likely N-dealkylation sites (tertiary alicyclic amines) is 1. The van der Waals surface area contributed by atoms with Crippen molar-refractivity contribution < 1.29 is 27.8 Å². The van der Waals surface area contributed by atoms with E-state index >= 15 is 0 Å². The number of nitrogens with zero attached hydrogens (tertiary/aromatic N) is 1. The number of carbonyl (C=O) groups is 2. The zero-order valence-electron chi connectivity index (χ0n) is 11.3. The van der Waals surface area contributed by atoms with Crippen molar-refractivity contribution in [1.29, 1.82) is 0 Å². The van der Waals surface area contributed by atoms with Gasteiger partial charge in [-0.2, -0.15) is 8.78 Å². The molecule has 2 bridgehead atoms. The highest BCUT2D eigenvalue weighted by atomic mass is 19.3. The minimum absolute atomic E-state index is 0.243. The van der Waals surface area contributed by atoms with Gasteiger partial charge in [0.15, 0.2) is 0 Å². The fraction of sp³-hybridized carbons (Fsp3) is 0.846. The van der Waals surface area contributed by atoms with Crippen molar-refractivity contribution in [3.63, 3.8) is 0 Å². The largest absolute Gasteiger partial charge is 0.449 e. The molecule has 0 aromatic rings. The number of piperidine rings is 1. The molecule has 1 heterocycles. The van der Waals surface area contributed by atoms with Gasteiger partial charge in [-0.1, -0.05) is 13.3 Å². The van der Waals surface area contributed by atoms with Crippen molar-refractivity contribution in [2.24, 2.45) is 5.92 Å². The Kier molecular flexibility index (Phi) is 4.91. The summed E-state index contributed by atoms with van der Waals surface area (Å²) in [5, 5.41) is 0. The minimum atomic E-state index is -2.85. The third-order valence-electron chi connectivity index (χ3n) is 4.03. The van der Waals surface area contributed by atoms with Crippen molar-refractivity contribution in [1.82, 2.24) is 4.90 Å². The first-order valence-electron chi connectivity index (χ1n) is 6.92. The number of amides is 1. The quantitative estimate of drug-likeness (QED) is 0.556. The van der Waals surface area contributed by atoms with E-state index in [9.17, 15) is 18.4 Å². The van der Waals surface area contributed by atoms with Gasteiger partial charge in [0.25, 0.3) is 0 Å². The predicted octanol–water partition coefficient (Wildman–Crippen LogP) is 2.19. The molecule has 0 N–H and O–H groups in total. The third-order valence-corrected chi connectivity index (χ3v) is 4.03. The van der Waals surface area contributed by atoms with Gasteiger partial charge in [-0.05, 0) is 19.3 Å². The summed E-state index contributed by atoms with van der Waals surface area (Å²) in [7, 11) is 0. The third kappa shape index (κ3) is 2.92. The Bertz CT molecular complexity index is 366. The van der Waals surface area contributed by atoms with E-state index in [-0.39, 0.29) is 12.0 Å². The molecule has 4 atom stereocenters. The molecular formula is C13H19F2NO4. The molecule has 2 aliphatic rings. The average molecular weight is 291 g/mol. The molecular weight excluding hydrogens is 272 g/mol. The molecule has 0 unspecified atom stereocenters. The molecule has 1 amide bonds. The molecule has 1 saturated heterocycles. The van der Waals surface area contributed by atoms with Gasteiger partial charge in [-0.3, -0.25) is 4.90 Å². The number of hydrogen-bond acceptors (Lipinski definition) is 4.